The van der Waals surface area contributed by atoms with Crippen LogP contribution in [0.3, 0.4) is 0 Å². The minimum Gasteiger partial charge on any atom is -0.478 e. The molecule has 1 N–H and O–H groups in total. The highest BCUT2D eigenvalue weighted by Crippen LogP contribution is 2.21. The van der Waals surface area contributed by atoms with Crippen LogP contribution in [-0.2, 0) is 11.3 Å². The van der Waals surface area contributed by atoms with Gasteiger partial charge in [-0.2, -0.15) is 0 Å². The van der Waals surface area contributed by atoms with Crippen LogP contribution in [0.25, 0.3) is 0 Å². The number of carbonyl (C=O) groups excluding carboxylic acids is 1. The summed E-state index contributed by atoms with van der Waals surface area (Å²) in [4.78, 5) is 24.6. The third-order valence-electron chi connectivity index (χ3n) is 3.34. The summed E-state index contributed by atoms with van der Waals surface area (Å²) in [6.07, 6.45) is 1.91. The molecule has 1 fully saturated rings. The molecule has 0 aliphatic carbocycles. The average molecular weight is 251 g/mol. The van der Waals surface area contributed by atoms with Crippen LogP contribution < -0.4 is 0 Å². The second kappa shape index (κ2) is 4.84. The molecule has 18 heavy (non-hydrogen) atoms. The Morgan fingerprint density at radius 3 is 2.94 bits per heavy atom. The van der Waals surface area contributed by atoms with Gasteiger partial charge in [0.05, 0.1) is 6.54 Å². The van der Waals surface area contributed by atoms with Gasteiger partial charge >= 0.3 is 5.97 Å². The van der Waals surface area contributed by atoms with Gasteiger partial charge in [-0.15, -0.1) is 0 Å². The van der Waals surface area contributed by atoms with Crippen LogP contribution in [0.1, 0.15) is 41.6 Å². The zero-order valence-corrected chi connectivity index (χ0v) is 10.6. The Morgan fingerprint density at radius 1 is 1.61 bits per heavy atom. The molecule has 2 rings (SSSR count). The monoisotopic (exact) mass is 251 g/mol. The number of nitrogens with zero attached hydrogens (tertiary/aromatic N) is 1. The van der Waals surface area contributed by atoms with E-state index >= 15 is 0 Å². The topological polar surface area (TPSA) is 70.8 Å². The van der Waals surface area contributed by atoms with E-state index in [1.165, 1.54) is 6.07 Å². The zero-order valence-electron chi connectivity index (χ0n) is 10.6. The number of piperidine rings is 1. The summed E-state index contributed by atoms with van der Waals surface area (Å²) >= 11 is 0. The van der Waals surface area contributed by atoms with Gasteiger partial charge in [0, 0.05) is 12.5 Å². The molecule has 1 aliphatic rings. The van der Waals surface area contributed by atoms with E-state index in [2.05, 4.69) is 0 Å². The molecule has 5 heteroatoms. The number of aryl methyl sites for hydroxylation is 1. The fourth-order valence-corrected chi connectivity index (χ4v) is 2.31. The zero-order chi connectivity index (χ0) is 13.3. The fraction of sp³-hybridized carbons (Fsp3) is 0.538. The van der Waals surface area contributed by atoms with Crippen LogP contribution in [0.2, 0.25) is 0 Å². The number of hydrogen-bond donors (Lipinski definition) is 1. The number of aromatic carboxylic acids is 1. The van der Waals surface area contributed by atoms with Gasteiger partial charge in [0.25, 0.3) is 0 Å². The van der Waals surface area contributed by atoms with Crippen molar-refractivity contribution in [1.82, 2.24) is 4.90 Å². The van der Waals surface area contributed by atoms with Crippen molar-refractivity contribution in [2.45, 2.75) is 33.2 Å². The van der Waals surface area contributed by atoms with Gasteiger partial charge in [-0.1, -0.05) is 6.92 Å². The van der Waals surface area contributed by atoms with Crippen molar-refractivity contribution in [2.24, 2.45) is 5.92 Å². The third-order valence-corrected chi connectivity index (χ3v) is 3.34. The van der Waals surface area contributed by atoms with E-state index in [0.717, 1.165) is 12.8 Å². The van der Waals surface area contributed by atoms with Crippen LogP contribution in [-0.4, -0.2) is 28.4 Å². The standard InChI is InChI=1S/C13H17NO4/c1-8-4-3-5-14(12(8)15)7-10-6-11(13(16)17)9(2)18-10/h6,8H,3-5,7H2,1-2H3,(H,16,17). The van der Waals surface area contributed by atoms with E-state index in [1.807, 2.05) is 6.92 Å². The predicted octanol–water partition coefficient (Wildman–Crippen LogP) is 2.04. The molecule has 1 amide bonds. The average Bonchev–Trinajstić information content (AvgIpc) is 2.66. The van der Waals surface area contributed by atoms with E-state index in [1.54, 1.807) is 11.8 Å². The van der Waals surface area contributed by atoms with Crippen molar-refractivity contribution >= 4 is 11.9 Å². The molecule has 1 unspecified atom stereocenters. The summed E-state index contributed by atoms with van der Waals surface area (Å²) in [7, 11) is 0. The minimum atomic E-state index is -0.999. The largest absolute Gasteiger partial charge is 0.478 e. The Balaban J connectivity index is 2.12. The Morgan fingerprint density at radius 2 is 2.33 bits per heavy atom. The number of carboxylic acids is 1. The van der Waals surface area contributed by atoms with Gasteiger partial charge in [-0.3, -0.25) is 4.79 Å². The molecule has 1 aromatic heterocycles. The van der Waals surface area contributed by atoms with Gasteiger partial charge in [0.2, 0.25) is 5.91 Å². The highest BCUT2D eigenvalue weighted by atomic mass is 16.4. The van der Waals surface area contributed by atoms with Gasteiger partial charge in [0.1, 0.15) is 17.1 Å². The van der Waals surface area contributed by atoms with Crippen LogP contribution in [0, 0.1) is 12.8 Å². The number of hydrogen-bond acceptors (Lipinski definition) is 3. The van der Waals surface area contributed by atoms with Crippen molar-refractivity contribution in [3.05, 3.63) is 23.2 Å². The van der Waals surface area contributed by atoms with Crippen LogP contribution >= 0.6 is 0 Å². The second-order valence-electron chi connectivity index (χ2n) is 4.79. The van der Waals surface area contributed by atoms with Gasteiger partial charge in [-0.25, -0.2) is 4.79 Å². The molecule has 0 radical (unpaired) electrons. The molecule has 5 nitrogen and oxygen atoms in total. The molecule has 2 heterocycles. The second-order valence-corrected chi connectivity index (χ2v) is 4.79. The van der Waals surface area contributed by atoms with Crippen LogP contribution in [0.4, 0.5) is 0 Å². The maximum absolute atomic E-state index is 11.9. The van der Waals surface area contributed by atoms with E-state index in [-0.39, 0.29) is 17.4 Å². The lowest BCUT2D eigenvalue weighted by molar-refractivity contribution is -0.138. The molecule has 1 aliphatic heterocycles. The quantitative estimate of drug-likeness (QED) is 0.892. The summed E-state index contributed by atoms with van der Waals surface area (Å²) < 4.78 is 5.39. The van der Waals surface area contributed by atoms with Gasteiger partial charge < -0.3 is 14.4 Å². The molecular formula is C13H17NO4. The number of amides is 1. The summed E-state index contributed by atoms with van der Waals surface area (Å²) in [6, 6.07) is 1.50. The van der Waals surface area contributed by atoms with Crippen molar-refractivity contribution in [3.8, 4) is 0 Å². The van der Waals surface area contributed by atoms with Crippen LogP contribution in [0.5, 0.6) is 0 Å². The van der Waals surface area contributed by atoms with E-state index in [9.17, 15) is 9.59 Å². The lowest BCUT2D eigenvalue weighted by Gasteiger charge is -2.29. The van der Waals surface area contributed by atoms with Crippen molar-refractivity contribution in [2.75, 3.05) is 6.54 Å². The molecular weight excluding hydrogens is 234 g/mol. The normalized spacial score (nSPS) is 20.2. The third kappa shape index (κ3) is 2.39. The van der Waals surface area contributed by atoms with Gasteiger partial charge in [0.15, 0.2) is 0 Å². The number of rotatable bonds is 3. The molecule has 1 saturated heterocycles. The number of furan rings is 1. The summed E-state index contributed by atoms with van der Waals surface area (Å²) in [5, 5.41) is 8.94. The molecule has 0 spiro atoms. The minimum absolute atomic E-state index is 0.0498. The highest BCUT2D eigenvalue weighted by Gasteiger charge is 2.26. The highest BCUT2D eigenvalue weighted by molar-refractivity contribution is 5.88. The number of carbonyl (C=O) groups is 2. The first-order valence-electron chi connectivity index (χ1n) is 6.10. The van der Waals surface area contributed by atoms with Crippen LogP contribution in [0.15, 0.2) is 10.5 Å². The maximum atomic E-state index is 11.9. The lowest BCUT2D eigenvalue weighted by atomic mass is 9.99. The van der Waals surface area contributed by atoms with Crippen molar-refractivity contribution in [3.63, 3.8) is 0 Å². The fourth-order valence-electron chi connectivity index (χ4n) is 2.31. The first-order valence-corrected chi connectivity index (χ1v) is 6.10. The molecule has 0 aromatic carbocycles. The molecule has 1 aromatic rings. The van der Waals surface area contributed by atoms with E-state index < -0.39 is 5.97 Å². The Kier molecular flexibility index (Phi) is 3.41. The molecule has 98 valence electrons. The Hall–Kier alpha value is -1.78. The Bertz CT molecular complexity index is 477. The van der Waals surface area contributed by atoms with E-state index in [0.29, 0.717) is 24.6 Å². The lowest BCUT2D eigenvalue weighted by Crippen LogP contribution is -2.39. The molecule has 1 atom stereocenters. The van der Waals surface area contributed by atoms with Gasteiger partial charge in [-0.05, 0) is 25.8 Å². The van der Waals surface area contributed by atoms with Crippen molar-refractivity contribution < 1.29 is 19.1 Å². The predicted molar refractivity (Wildman–Crippen MR) is 64.2 cm³/mol. The molecule has 0 bridgehead atoms. The SMILES string of the molecule is Cc1oc(CN2CCCC(C)C2=O)cc1C(=O)O. The smallest absolute Gasteiger partial charge is 0.339 e. The van der Waals surface area contributed by atoms with E-state index in [4.69, 9.17) is 9.52 Å². The summed E-state index contributed by atoms with van der Waals surface area (Å²) in [5.41, 5.74) is 0.169. The first kappa shape index (κ1) is 12.7. The number of carboxylic acid groups (broad SMARTS) is 1. The molecule has 0 saturated carbocycles. The van der Waals surface area contributed by atoms with Crippen molar-refractivity contribution in [1.29, 1.82) is 0 Å². The maximum Gasteiger partial charge on any atom is 0.339 e. The Labute approximate surface area is 105 Å². The first-order chi connectivity index (χ1) is 8.49. The summed E-state index contributed by atoms with van der Waals surface area (Å²) in [6.45, 7) is 4.61. The summed E-state index contributed by atoms with van der Waals surface area (Å²) in [5.74, 6) is 0.0872. The number of likely N-dealkylation sites (tertiary alicyclic amines) is 1.